The number of amides is 1. The normalized spacial score (nSPS) is 10.5. The highest BCUT2D eigenvalue weighted by Gasteiger charge is 2.15. The molecule has 1 heterocycles. The van der Waals surface area contributed by atoms with Crippen LogP contribution in [0.4, 0.5) is 10.1 Å². The number of halogens is 1. The van der Waals surface area contributed by atoms with Crippen molar-refractivity contribution in [2.75, 3.05) is 19.0 Å². The predicted molar refractivity (Wildman–Crippen MR) is 123 cm³/mol. The van der Waals surface area contributed by atoms with Gasteiger partial charge in [0.2, 0.25) is 0 Å². The van der Waals surface area contributed by atoms with Gasteiger partial charge in [-0.1, -0.05) is 19.1 Å². The molecule has 0 aliphatic rings. The van der Waals surface area contributed by atoms with Crippen LogP contribution in [0.2, 0.25) is 0 Å². The summed E-state index contributed by atoms with van der Waals surface area (Å²) in [6, 6.07) is 12.7. The van der Waals surface area contributed by atoms with Crippen LogP contribution in [0.25, 0.3) is 11.1 Å². The van der Waals surface area contributed by atoms with Crippen LogP contribution < -0.4 is 15.6 Å². The Labute approximate surface area is 190 Å². The van der Waals surface area contributed by atoms with Crippen LogP contribution in [-0.2, 0) is 22.5 Å². The zero-order chi connectivity index (χ0) is 24.0. The average molecular weight is 452 g/mol. The van der Waals surface area contributed by atoms with Crippen molar-refractivity contribution in [3.63, 3.8) is 0 Å². The molecule has 0 unspecified atom stereocenters. The molecule has 1 aromatic heterocycles. The Kier molecular flexibility index (Phi) is 7.61. The van der Waals surface area contributed by atoms with Crippen molar-refractivity contribution in [1.82, 2.24) is 4.57 Å². The number of nitrogens with one attached hydrogen (secondary N) is 1. The molecule has 172 valence electrons. The molecule has 0 saturated heterocycles. The number of hydrogen-bond donors (Lipinski definition) is 1. The maximum absolute atomic E-state index is 13.8. The first-order chi connectivity index (χ1) is 15.9. The summed E-state index contributed by atoms with van der Waals surface area (Å²) in [5, 5.41) is 2.71. The molecular formula is C25H25FN2O5. The summed E-state index contributed by atoms with van der Waals surface area (Å²) in [7, 11) is 1.46. The van der Waals surface area contributed by atoms with Crippen LogP contribution in [-0.4, -0.2) is 30.2 Å². The van der Waals surface area contributed by atoms with E-state index in [9.17, 15) is 18.8 Å². The Morgan fingerprint density at radius 3 is 2.45 bits per heavy atom. The molecule has 0 atom stereocenters. The van der Waals surface area contributed by atoms with Crippen molar-refractivity contribution in [2.24, 2.45) is 0 Å². The number of carbonyl (C=O) groups is 2. The summed E-state index contributed by atoms with van der Waals surface area (Å²) in [5.41, 5.74) is 2.41. The number of anilines is 1. The van der Waals surface area contributed by atoms with Gasteiger partial charge in [0.1, 0.15) is 18.1 Å². The van der Waals surface area contributed by atoms with Crippen molar-refractivity contribution < 1.29 is 23.5 Å². The number of benzene rings is 2. The van der Waals surface area contributed by atoms with Crippen molar-refractivity contribution in [3.8, 4) is 16.9 Å². The first kappa shape index (κ1) is 23.7. The molecule has 0 saturated carbocycles. The molecule has 1 amide bonds. The Morgan fingerprint density at radius 1 is 1.03 bits per heavy atom. The third-order valence-electron chi connectivity index (χ3n) is 5.05. The fourth-order valence-electron chi connectivity index (χ4n) is 3.36. The van der Waals surface area contributed by atoms with Gasteiger partial charge in [0.05, 0.1) is 25.0 Å². The minimum atomic E-state index is -0.549. The summed E-state index contributed by atoms with van der Waals surface area (Å²) >= 11 is 0. The lowest BCUT2D eigenvalue weighted by Crippen LogP contribution is -2.25. The lowest BCUT2D eigenvalue weighted by Gasteiger charge is -2.13. The Bertz CT molecular complexity index is 1240. The number of esters is 1. The predicted octanol–water partition coefficient (Wildman–Crippen LogP) is 4.04. The van der Waals surface area contributed by atoms with E-state index in [1.165, 1.54) is 31.5 Å². The molecule has 1 N–H and O–H groups in total. The van der Waals surface area contributed by atoms with E-state index in [2.05, 4.69) is 5.32 Å². The zero-order valence-corrected chi connectivity index (χ0v) is 18.7. The number of ether oxygens (including phenoxy) is 2. The fourth-order valence-corrected chi connectivity index (χ4v) is 3.36. The zero-order valence-electron chi connectivity index (χ0n) is 18.7. The quantitative estimate of drug-likeness (QED) is 0.522. The molecular weight excluding hydrogens is 427 g/mol. The van der Waals surface area contributed by atoms with E-state index in [4.69, 9.17) is 9.47 Å². The highest BCUT2D eigenvalue weighted by atomic mass is 19.1. The Morgan fingerprint density at radius 2 is 1.76 bits per heavy atom. The minimum Gasteiger partial charge on any atom is -0.496 e. The van der Waals surface area contributed by atoms with Crippen LogP contribution in [0.1, 0.15) is 29.8 Å². The fraction of sp³-hybridized carbons (Fsp3) is 0.240. The second kappa shape index (κ2) is 10.6. The number of pyridine rings is 1. The summed E-state index contributed by atoms with van der Waals surface area (Å²) in [5.74, 6) is -0.916. The standard InChI is InChI=1S/C25H25FN2O5/c1-4-16-12-17(7-10-21(16)26)18-6-9-20(22(13-18)32-3)25(31)27-19-8-11-23(29)28(14-19)15-24(30)33-5-2/h6-14H,4-5,15H2,1-3H3,(H,27,31). The highest BCUT2D eigenvalue weighted by Crippen LogP contribution is 2.29. The number of carbonyl (C=O) groups excluding carboxylic acids is 2. The van der Waals surface area contributed by atoms with Crippen LogP contribution in [0, 0.1) is 5.82 Å². The lowest BCUT2D eigenvalue weighted by atomic mass is 9.99. The van der Waals surface area contributed by atoms with Gasteiger partial charge in [0.25, 0.3) is 11.5 Å². The number of aromatic nitrogens is 1. The van der Waals surface area contributed by atoms with Gasteiger partial charge >= 0.3 is 5.97 Å². The molecule has 0 bridgehead atoms. The van der Waals surface area contributed by atoms with Gasteiger partial charge in [0, 0.05) is 12.3 Å². The van der Waals surface area contributed by atoms with Gasteiger partial charge in [0.15, 0.2) is 0 Å². The van der Waals surface area contributed by atoms with Crippen LogP contribution in [0.5, 0.6) is 5.75 Å². The smallest absolute Gasteiger partial charge is 0.326 e. The van der Waals surface area contributed by atoms with Crippen molar-refractivity contribution in [2.45, 2.75) is 26.8 Å². The first-order valence-electron chi connectivity index (χ1n) is 10.5. The average Bonchev–Trinajstić information content (AvgIpc) is 2.81. The maximum Gasteiger partial charge on any atom is 0.326 e. The molecule has 33 heavy (non-hydrogen) atoms. The van der Waals surface area contributed by atoms with E-state index in [1.54, 1.807) is 37.3 Å². The molecule has 0 aliphatic carbocycles. The van der Waals surface area contributed by atoms with Crippen molar-refractivity contribution in [3.05, 3.63) is 82.0 Å². The van der Waals surface area contributed by atoms with Gasteiger partial charge in [-0.15, -0.1) is 0 Å². The van der Waals surface area contributed by atoms with Crippen molar-refractivity contribution in [1.29, 1.82) is 0 Å². The first-order valence-corrected chi connectivity index (χ1v) is 10.5. The second-order valence-corrected chi connectivity index (χ2v) is 7.22. The lowest BCUT2D eigenvalue weighted by molar-refractivity contribution is -0.143. The molecule has 8 heteroatoms. The summed E-state index contributed by atoms with van der Waals surface area (Å²) in [6.45, 7) is 3.50. The van der Waals surface area contributed by atoms with Gasteiger partial charge in [-0.25, -0.2) is 4.39 Å². The maximum atomic E-state index is 13.8. The van der Waals surface area contributed by atoms with Crippen molar-refractivity contribution >= 4 is 17.6 Å². The Balaban J connectivity index is 1.84. The molecule has 3 rings (SSSR count). The molecule has 3 aromatic rings. The second-order valence-electron chi connectivity index (χ2n) is 7.22. The van der Waals surface area contributed by atoms with Gasteiger partial charge < -0.3 is 19.4 Å². The van der Waals surface area contributed by atoms with Crippen LogP contribution in [0.15, 0.2) is 59.5 Å². The molecule has 2 aromatic carbocycles. The minimum absolute atomic E-state index is 0.206. The SMILES string of the molecule is CCOC(=O)Cn1cc(NC(=O)c2ccc(-c3ccc(F)c(CC)c3)cc2OC)ccc1=O. The monoisotopic (exact) mass is 452 g/mol. The van der Waals surface area contributed by atoms with Crippen LogP contribution >= 0.6 is 0 Å². The summed E-state index contributed by atoms with van der Waals surface area (Å²) < 4.78 is 25.3. The van der Waals surface area contributed by atoms with Gasteiger partial charge in [-0.3, -0.25) is 14.4 Å². The molecule has 7 nitrogen and oxygen atoms in total. The number of rotatable bonds is 8. The van der Waals surface area contributed by atoms with Gasteiger partial charge in [-0.05, 0) is 60.4 Å². The van der Waals surface area contributed by atoms with E-state index in [0.29, 0.717) is 23.4 Å². The Hall–Kier alpha value is -3.94. The topological polar surface area (TPSA) is 86.6 Å². The number of nitrogens with zero attached hydrogens (tertiary/aromatic N) is 1. The van der Waals surface area contributed by atoms with E-state index in [1.807, 2.05) is 6.92 Å². The third-order valence-corrected chi connectivity index (χ3v) is 5.05. The van der Waals surface area contributed by atoms with Crippen LogP contribution in [0.3, 0.4) is 0 Å². The highest BCUT2D eigenvalue weighted by molar-refractivity contribution is 6.06. The largest absolute Gasteiger partial charge is 0.496 e. The summed E-state index contributed by atoms with van der Waals surface area (Å²) in [4.78, 5) is 36.6. The van der Waals surface area contributed by atoms with E-state index < -0.39 is 17.4 Å². The molecule has 0 radical (unpaired) electrons. The van der Waals surface area contributed by atoms with E-state index in [0.717, 1.165) is 15.7 Å². The molecule has 0 fully saturated rings. The molecule has 0 spiro atoms. The summed E-state index contributed by atoms with van der Waals surface area (Å²) in [6.07, 6.45) is 1.94. The third kappa shape index (κ3) is 5.65. The van der Waals surface area contributed by atoms with E-state index in [-0.39, 0.29) is 24.5 Å². The van der Waals surface area contributed by atoms with Gasteiger partial charge in [-0.2, -0.15) is 0 Å². The molecule has 0 aliphatic heterocycles. The van der Waals surface area contributed by atoms with E-state index >= 15 is 0 Å². The number of aryl methyl sites for hydroxylation is 1. The number of methoxy groups -OCH3 is 1. The number of hydrogen-bond acceptors (Lipinski definition) is 5.